The van der Waals surface area contributed by atoms with Gasteiger partial charge in [-0.1, -0.05) is 24.3 Å². The molecule has 1 aliphatic heterocycles. The van der Waals surface area contributed by atoms with Crippen LogP contribution in [0.25, 0.3) is 10.9 Å². The third kappa shape index (κ3) is 5.00. The molecule has 0 radical (unpaired) electrons. The smallest absolute Gasteiger partial charge is 0.234 e. The lowest BCUT2D eigenvalue weighted by atomic mass is 10.1. The summed E-state index contributed by atoms with van der Waals surface area (Å²) in [5.74, 6) is 0.110. The number of fused-ring (bicyclic) bond motifs is 1. The summed E-state index contributed by atoms with van der Waals surface area (Å²) in [6.45, 7) is 11.3. The Labute approximate surface area is 150 Å². The van der Waals surface area contributed by atoms with Crippen LogP contribution in [0.2, 0.25) is 0 Å². The van der Waals surface area contributed by atoms with Gasteiger partial charge in [-0.3, -0.25) is 19.6 Å². The summed E-state index contributed by atoms with van der Waals surface area (Å²) >= 11 is 0. The Balaban J connectivity index is 1.53. The molecular weight excluding hydrogens is 312 g/mol. The summed E-state index contributed by atoms with van der Waals surface area (Å²) < 4.78 is 0. The number of rotatable bonds is 4. The van der Waals surface area contributed by atoms with Gasteiger partial charge in [0.25, 0.3) is 0 Å². The minimum absolute atomic E-state index is 0.110. The third-order valence-corrected chi connectivity index (χ3v) is 4.46. The lowest BCUT2D eigenvalue weighted by molar-refractivity contribution is -0.124. The number of amides is 1. The predicted octanol–water partition coefficient (Wildman–Crippen LogP) is 2.27. The fourth-order valence-corrected chi connectivity index (χ4v) is 3.30. The van der Waals surface area contributed by atoms with Crippen LogP contribution in [-0.4, -0.2) is 59.0 Å². The van der Waals surface area contributed by atoms with Crippen molar-refractivity contribution in [2.75, 3.05) is 32.7 Å². The number of carbonyl (C=O) groups excluding carboxylic acids is 1. The molecule has 5 heteroatoms. The van der Waals surface area contributed by atoms with E-state index in [9.17, 15) is 4.79 Å². The van der Waals surface area contributed by atoms with E-state index in [0.717, 1.165) is 38.2 Å². The molecule has 0 aliphatic carbocycles. The number of pyridine rings is 1. The summed E-state index contributed by atoms with van der Waals surface area (Å²) in [5, 5.41) is 4.23. The van der Waals surface area contributed by atoms with Crippen LogP contribution in [0.15, 0.2) is 36.5 Å². The van der Waals surface area contributed by atoms with Crippen LogP contribution in [-0.2, 0) is 11.3 Å². The Hall–Kier alpha value is -1.98. The van der Waals surface area contributed by atoms with Gasteiger partial charge in [-0.25, -0.2) is 0 Å². The largest absolute Gasteiger partial charge is 0.350 e. The van der Waals surface area contributed by atoms with E-state index in [1.807, 2.05) is 33.0 Å². The van der Waals surface area contributed by atoms with Gasteiger partial charge >= 0.3 is 0 Å². The van der Waals surface area contributed by atoms with Crippen LogP contribution in [0.5, 0.6) is 0 Å². The number of para-hydroxylation sites is 1. The van der Waals surface area contributed by atoms with Gasteiger partial charge in [-0.2, -0.15) is 0 Å². The second-order valence-electron chi connectivity index (χ2n) is 7.84. The quantitative estimate of drug-likeness (QED) is 0.928. The second-order valence-corrected chi connectivity index (χ2v) is 7.84. The molecule has 1 aliphatic rings. The molecular formula is C20H28N4O. The maximum absolute atomic E-state index is 12.1. The molecule has 134 valence electrons. The van der Waals surface area contributed by atoms with Gasteiger partial charge in [-0.15, -0.1) is 0 Å². The first-order valence-electron chi connectivity index (χ1n) is 8.99. The Morgan fingerprint density at radius 2 is 1.76 bits per heavy atom. The van der Waals surface area contributed by atoms with Crippen molar-refractivity contribution in [1.82, 2.24) is 20.1 Å². The zero-order chi connectivity index (χ0) is 17.9. The zero-order valence-electron chi connectivity index (χ0n) is 15.5. The second kappa shape index (κ2) is 7.50. The van der Waals surface area contributed by atoms with Crippen molar-refractivity contribution in [3.63, 3.8) is 0 Å². The van der Waals surface area contributed by atoms with Gasteiger partial charge in [0.15, 0.2) is 0 Å². The molecule has 2 heterocycles. The van der Waals surface area contributed by atoms with E-state index < -0.39 is 0 Å². The molecule has 25 heavy (non-hydrogen) atoms. The van der Waals surface area contributed by atoms with E-state index in [0.29, 0.717) is 6.54 Å². The highest BCUT2D eigenvalue weighted by molar-refractivity contribution is 5.81. The topological polar surface area (TPSA) is 48.5 Å². The number of nitrogens with zero attached hydrogens (tertiary/aromatic N) is 3. The summed E-state index contributed by atoms with van der Waals surface area (Å²) in [5.41, 5.74) is 2.20. The summed E-state index contributed by atoms with van der Waals surface area (Å²) in [4.78, 5) is 21.3. The molecule has 1 fully saturated rings. The van der Waals surface area contributed by atoms with Crippen molar-refractivity contribution in [2.24, 2.45) is 0 Å². The van der Waals surface area contributed by atoms with E-state index in [4.69, 9.17) is 0 Å². The van der Waals surface area contributed by atoms with Crippen molar-refractivity contribution in [1.29, 1.82) is 0 Å². The molecule has 1 aromatic carbocycles. The lowest BCUT2D eigenvalue weighted by Gasteiger charge is -2.35. The minimum atomic E-state index is -0.166. The SMILES string of the molecule is CC(C)(C)NC(=O)CN1CCN(Cc2cccc3cccnc23)CC1. The van der Waals surface area contributed by atoms with Gasteiger partial charge < -0.3 is 5.32 Å². The van der Waals surface area contributed by atoms with Crippen LogP contribution in [0.4, 0.5) is 0 Å². The molecule has 0 unspecified atom stereocenters. The van der Waals surface area contributed by atoms with E-state index in [2.05, 4.69) is 44.4 Å². The first-order valence-corrected chi connectivity index (χ1v) is 8.99. The first-order chi connectivity index (χ1) is 11.9. The normalized spacial score (nSPS) is 16.9. The number of aromatic nitrogens is 1. The molecule has 2 aromatic rings. The van der Waals surface area contributed by atoms with E-state index in [1.165, 1.54) is 10.9 Å². The Kier molecular flexibility index (Phi) is 5.35. The molecule has 0 atom stereocenters. The molecule has 1 amide bonds. The highest BCUT2D eigenvalue weighted by Gasteiger charge is 2.21. The summed E-state index contributed by atoms with van der Waals surface area (Å²) in [6.07, 6.45) is 1.86. The Morgan fingerprint density at radius 3 is 2.48 bits per heavy atom. The van der Waals surface area contributed by atoms with Gasteiger partial charge in [0.1, 0.15) is 0 Å². The highest BCUT2D eigenvalue weighted by Crippen LogP contribution is 2.18. The van der Waals surface area contributed by atoms with Gasteiger partial charge in [0.2, 0.25) is 5.91 Å². The van der Waals surface area contributed by atoms with Crippen LogP contribution in [0, 0.1) is 0 Å². The first kappa shape index (κ1) is 17.8. The fraction of sp³-hybridized carbons (Fsp3) is 0.500. The Morgan fingerprint density at radius 1 is 1.08 bits per heavy atom. The summed E-state index contributed by atoms with van der Waals surface area (Å²) in [6, 6.07) is 10.5. The third-order valence-electron chi connectivity index (χ3n) is 4.46. The van der Waals surface area contributed by atoms with E-state index in [1.54, 1.807) is 0 Å². The molecule has 1 N–H and O–H groups in total. The highest BCUT2D eigenvalue weighted by atomic mass is 16.2. The van der Waals surface area contributed by atoms with Crippen LogP contribution >= 0.6 is 0 Å². The van der Waals surface area contributed by atoms with Crippen LogP contribution in [0.1, 0.15) is 26.3 Å². The Bertz CT molecular complexity index is 725. The number of nitrogens with one attached hydrogen (secondary N) is 1. The summed E-state index contributed by atoms with van der Waals surface area (Å²) in [7, 11) is 0. The molecule has 1 aromatic heterocycles. The van der Waals surface area contributed by atoms with Crippen molar-refractivity contribution in [3.8, 4) is 0 Å². The molecule has 5 nitrogen and oxygen atoms in total. The van der Waals surface area contributed by atoms with Crippen molar-refractivity contribution >= 4 is 16.8 Å². The molecule has 0 bridgehead atoms. The van der Waals surface area contributed by atoms with Crippen LogP contribution in [0.3, 0.4) is 0 Å². The number of piperazine rings is 1. The van der Waals surface area contributed by atoms with Crippen LogP contribution < -0.4 is 5.32 Å². The number of carbonyl (C=O) groups is 1. The van der Waals surface area contributed by atoms with Gasteiger partial charge in [0.05, 0.1) is 12.1 Å². The lowest BCUT2D eigenvalue weighted by Crippen LogP contribution is -2.51. The van der Waals surface area contributed by atoms with E-state index in [-0.39, 0.29) is 11.4 Å². The maximum atomic E-state index is 12.1. The monoisotopic (exact) mass is 340 g/mol. The standard InChI is InChI=1S/C20H28N4O/c1-20(2,3)22-18(25)15-24-12-10-23(11-13-24)14-17-7-4-6-16-8-5-9-21-19(16)17/h4-9H,10-15H2,1-3H3,(H,22,25). The average molecular weight is 340 g/mol. The molecule has 3 rings (SSSR count). The van der Waals surface area contributed by atoms with Gasteiger partial charge in [-0.05, 0) is 32.4 Å². The average Bonchev–Trinajstić information content (AvgIpc) is 2.55. The number of benzene rings is 1. The zero-order valence-corrected chi connectivity index (χ0v) is 15.5. The van der Waals surface area contributed by atoms with Crippen molar-refractivity contribution in [2.45, 2.75) is 32.9 Å². The van der Waals surface area contributed by atoms with Crippen molar-refractivity contribution < 1.29 is 4.79 Å². The van der Waals surface area contributed by atoms with E-state index >= 15 is 0 Å². The molecule has 0 saturated carbocycles. The molecule has 1 saturated heterocycles. The predicted molar refractivity (Wildman–Crippen MR) is 101 cm³/mol. The van der Waals surface area contributed by atoms with Gasteiger partial charge in [0, 0.05) is 49.8 Å². The fourth-order valence-electron chi connectivity index (χ4n) is 3.30. The molecule has 0 spiro atoms. The number of hydrogen-bond acceptors (Lipinski definition) is 4. The number of hydrogen-bond donors (Lipinski definition) is 1. The van der Waals surface area contributed by atoms with Crippen molar-refractivity contribution in [3.05, 3.63) is 42.1 Å². The minimum Gasteiger partial charge on any atom is -0.350 e. The maximum Gasteiger partial charge on any atom is 0.234 e.